The van der Waals surface area contributed by atoms with Crippen LogP contribution in [0.3, 0.4) is 0 Å². The van der Waals surface area contributed by atoms with Crippen molar-refractivity contribution in [2.75, 3.05) is 0 Å². The van der Waals surface area contributed by atoms with Gasteiger partial charge in [-0.2, -0.15) is 0 Å². The molecule has 0 aromatic rings. The van der Waals surface area contributed by atoms with E-state index in [1.807, 2.05) is 6.92 Å². The molecule has 0 rings (SSSR count). The average molecular weight is 218 g/mol. The van der Waals surface area contributed by atoms with Crippen LogP contribution in [0.4, 0.5) is 0 Å². The fraction of sp³-hybridized carbons (Fsp3) is 0.625. The second-order valence-corrected chi connectivity index (χ2v) is 4.71. The molecule has 0 aliphatic rings. The molecule has 0 atom stereocenters. The van der Waals surface area contributed by atoms with Crippen LogP contribution in [-0.4, -0.2) is 0 Å². The zero-order valence-corrected chi connectivity index (χ0v) is 11.4. The summed E-state index contributed by atoms with van der Waals surface area (Å²) >= 11 is 0. The van der Waals surface area contributed by atoms with E-state index >= 15 is 0 Å². The smallest absolute Gasteiger partial charge is 0.0111 e. The summed E-state index contributed by atoms with van der Waals surface area (Å²) in [6.45, 7) is 15.9. The Morgan fingerprint density at radius 3 is 1.88 bits per heavy atom. The lowest BCUT2D eigenvalue weighted by Crippen LogP contribution is -1.80. The molecule has 0 spiro atoms. The van der Waals surface area contributed by atoms with Gasteiger partial charge in [0.15, 0.2) is 0 Å². The lowest BCUT2D eigenvalue weighted by molar-refractivity contribution is 0.876. The van der Waals surface area contributed by atoms with Gasteiger partial charge in [-0.15, -0.1) is 0 Å². The lowest BCUT2D eigenvalue weighted by atomic mass is 10.1. The van der Waals surface area contributed by atoms with E-state index in [9.17, 15) is 0 Å². The highest BCUT2D eigenvalue weighted by atomic mass is 14.0. The quantitative estimate of drug-likeness (QED) is 0.472. The van der Waals surface area contributed by atoms with Gasteiger partial charge >= 0.3 is 0 Å². The molecule has 0 aromatic carbocycles. The van der Waals surface area contributed by atoms with Gasteiger partial charge in [0, 0.05) is 0 Å². The number of allylic oxidation sites excluding steroid dienone is 5. The van der Waals surface area contributed by atoms with Gasteiger partial charge in [0.2, 0.25) is 0 Å². The molecule has 2 radical (unpaired) electrons. The Kier molecular flexibility index (Phi) is 8.99. The largest absolute Gasteiger partial charge is 0.0853 e. The maximum Gasteiger partial charge on any atom is -0.0111 e. The van der Waals surface area contributed by atoms with Gasteiger partial charge in [-0.25, -0.2) is 0 Å². The van der Waals surface area contributed by atoms with Crippen LogP contribution in [-0.2, 0) is 0 Å². The van der Waals surface area contributed by atoms with E-state index in [-0.39, 0.29) is 0 Å². The molecule has 0 nitrogen and oxygen atoms in total. The molecule has 0 fully saturated rings. The van der Waals surface area contributed by atoms with Crippen molar-refractivity contribution in [3.63, 3.8) is 0 Å². The van der Waals surface area contributed by atoms with Crippen LogP contribution in [0.2, 0.25) is 0 Å². The number of rotatable bonds is 8. The van der Waals surface area contributed by atoms with Crippen LogP contribution in [0.15, 0.2) is 28.9 Å². The third-order valence-corrected chi connectivity index (χ3v) is 2.69. The molecule has 0 unspecified atom stereocenters. The lowest BCUT2D eigenvalue weighted by Gasteiger charge is -2.01. The van der Waals surface area contributed by atoms with Gasteiger partial charge in [-0.1, -0.05) is 42.2 Å². The van der Waals surface area contributed by atoms with Crippen LogP contribution in [0.1, 0.15) is 66.2 Å². The van der Waals surface area contributed by atoms with Crippen molar-refractivity contribution in [2.24, 2.45) is 0 Å². The highest BCUT2D eigenvalue weighted by molar-refractivity contribution is 5.04. The third-order valence-electron chi connectivity index (χ3n) is 2.69. The Labute approximate surface area is 102 Å². The second kappa shape index (κ2) is 9.45. The van der Waals surface area contributed by atoms with Crippen molar-refractivity contribution in [1.82, 2.24) is 0 Å². The summed E-state index contributed by atoms with van der Waals surface area (Å²) in [4.78, 5) is 0. The van der Waals surface area contributed by atoms with Crippen molar-refractivity contribution in [3.05, 3.63) is 35.5 Å². The highest BCUT2D eigenvalue weighted by Gasteiger charge is 1.91. The molecule has 0 amide bonds. The predicted molar refractivity (Wildman–Crippen MR) is 73.3 cm³/mol. The van der Waals surface area contributed by atoms with Gasteiger partial charge in [0.05, 0.1) is 0 Å². The summed E-state index contributed by atoms with van der Waals surface area (Å²) in [5.41, 5.74) is 3.76. The Morgan fingerprint density at radius 2 is 1.38 bits per heavy atom. The van der Waals surface area contributed by atoms with Crippen molar-refractivity contribution >= 4 is 0 Å². The summed E-state index contributed by atoms with van der Waals surface area (Å²) in [6.07, 6.45) is 11.4. The van der Waals surface area contributed by atoms with Crippen LogP contribution >= 0.6 is 0 Å². The number of hydrogen-bond acceptors (Lipinski definition) is 0. The zero-order valence-electron chi connectivity index (χ0n) is 11.4. The molecular formula is C16H26. The Bertz CT molecular complexity index is 253. The Morgan fingerprint density at radius 1 is 0.875 bits per heavy atom. The minimum Gasteiger partial charge on any atom is -0.0853 e. The molecule has 0 heterocycles. The molecule has 0 aliphatic heterocycles. The molecule has 0 aliphatic carbocycles. The zero-order chi connectivity index (χ0) is 12.4. The Balaban J connectivity index is 3.75. The fourth-order valence-electron chi connectivity index (χ4n) is 1.68. The average Bonchev–Trinajstić information content (AvgIpc) is 2.17. The second-order valence-electron chi connectivity index (χ2n) is 4.71. The molecular weight excluding hydrogens is 192 g/mol. The van der Waals surface area contributed by atoms with Crippen LogP contribution < -0.4 is 0 Å². The monoisotopic (exact) mass is 218 g/mol. The van der Waals surface area contributed by atoms with Gasteiger partial charge in [0.25, 0.3) is 0 Å². The van der Waals surface area contributed by atoms with Crippen LogP contribution in [0, 0.1) is 6.58 Å². The standard InChI is InChI=1S/C16H26/c1-6-9-15(4)12-8-13-16(5)11-7-10-14(2)3/h11-12H,6-10,13H2,1-2,4-5H3/b15-12+,16-11+. The summed E-state index contributed by atoms with van der Waals surface area (Å²) in [6, 6.07) is 0. The maximum atomic E-state index is 7.34. The fourth-order valence-corrected chi connectivity index (χ4v) is 1.68. The van der Waals surface area contributed by atoms with E-state index in [2.05, 4.69) is 32.9 Å². The van der Waals surface area contributed by atoms with E-state index in [1.165, 1.54) is 24.0 Å². The minimum atomic E-state index is 0.780. The molecule has 0 aromatic heterocycles. The van der Waals surface area contributed by atoms with E-state index in [0.717, 1.165) is 31.3 Å². The van der Waals surface area contributed by atoms with Crippen LogP contribution in [0.25, 0.3) is 0 Å². The molecule has 16 heavy (non-hydrogen) atoms. The third kappa shape index (κ3) is 9.76. The van der Waals surface area contributed by atoms with Gasteiger partial charge in [-0.3, -0.25) is 0 Å². The number of hydrogen-bond donors (Lipinski definition) is 0. The van der Waals surface area contributed by atoms with E-state index in [4.69, 9.17) is 6.58 Å². The first-order valence-electron chi connectivity index (χ1n) is 6.41. The van der Waals surface area contributed by atoms with E-state index in [1.54, 1.807) is 0 Å². The first-order chi connectivity index (χ1) is 7.56. The topological polar surface area (TPSA) is 0 Å². The first kappa shape index (κ1) is 15.2. The first-order valence-corrected chi connectivity index (χ1v) is 6.41. The summed E-state index contributed by atoms with van der Waals surface area (Å²) < 4.78 is 0. The highest BCUT2D eigenvalue weighted by Crippen LogP contribution is 2.11. The Hall–Kier alpha value is -0.780. The van der Waals surface area contributed by atoms with Crippen molar-refractivity contribution in [3.8, 4) is 0 Å². The maximum absolute atomic E-state index is 7.34. The molecule has 0 saturated heterocycles. The van der Waals surface area contributed by atoms with Crippen molar-refractivity contribution < 1.29 is 0 Å². The normalized spacial score (nSPS) is 13.0. The van der Waals surface area contributed by atoms with Gasteiger partial charge in [-0.05, 0) is 59.5 Å². The van der Waals surface area contributed by atoms with Crippen LogP contribution in [0.5, 0.6) is 0 Å². The van der Waals surface area contributed by atoms with Gasteiger partial charge < -0.3 is 0 Å². The SMILES string of the molecule is [C]=C(C)CC/C=C(\C)CC/C=C(\C)CCC. The summed E-state index contributed by atoms with van der Waals surface area (Å²) in [7, 11) is 0. The molecule has 0 heteroatoms. The summed E-state index contributed by atoms with van der Waals surface area (Å²) in [5, 5.41) is 0. The minimum absolute atomic E-state index is 0.780. The van der Waals surface area contributed by atoms with Crippen molar-refractivity contribution in [1.29, 1.82) is 0 Å². The molecule has 90 valence electrons. The predicted octanol–water partition coefficient (Wildman–Crippen LogP) is 5.50. The molecule has 0 bridgehead atoms. The molecule has 0 saturated carbocycles. The molecule has 0 N–H and O–H groups in total. The van der Waals surface area contributed by atoms with E-state index in [0.29, 0.717) is 0 Å². The van der Waals surface area contributed by atoms with Gasteiger partial charge in [0.1, 0.15) is 0 Å². The summed E-state index contributed by atoms with van der Waals surface area (Å²) in [5.74, 6) is 0. The van der Waals surface area contributed by atoms with E-state index < -0.39 is 0 Å². The van der Waals surface area contributed by atoms with Crippen molar-refractivity contribution in [2.45, 2.75) is 66.2 Å².